The van der Waals surface area contributed by atoms with Gasteiger partial charge in [0.2, 0.25) is 0 Å². The summed E-state index contributed by atoms with van der Waals surface area (Å²) >= 11 is 0. The minimum Gasteiger partial charge on any atom is -0.382 e. The summed E-state index contributed by atoms with van der Waals surface area (Å²) in [7, 11) is 1.73. The van der Waals surface area contributed by atoms with Gasteiger partial charge in [0, 0.05) is 13.0 Å². The summed E-state index contributed by atoms with van der Waals surface area (Å²) in [6.45, 7) is 4.16. The van der Waals surface area contributed by atoms with Gasteiger partial charge in [0.15, 0.2) is 0 Å². The summed E-state index contributed by atoms with van der Waals surface area (Å²) in [4.78, 5) is 0. The number of hydrogen-bond donors (Lipinski definition) is 0. The van der Waals surface area contributed by atoms with Crippen LogP contribution < -0.4 is 0 Å². The van der Waals surface area contributed by atoms with Gasteiger partial charge in [-0.05, 0) is 44.4 Å². The highest BCUT2D eigenvalue weighted by Gasteiger charge is 2.86. The summed E-state index contributed by atoms with van der Waals surface area (Å²) in [5.41, 5.74) is -3.90. The van der Waals surface area contributed by atoms with Crippen LogP contribution in [0.15, 0.2) is 0 Å². The number of halogens is 6. The third-order valence-electron chi connectivity index (χ3n) is 5.45. The Bertz CT molecular complexity index is 399. The molecule has 5 atom stereocenters. The summed E-state index contributed by atoms with van der Waals surface area (Å²) < 4.78 is 85.9. The van der Waals surface area contributed by atoms with Crippen molar-refractivity contribution in [2.75, 3.05) is 7.11 Å². The maximum absolute atomic E-state index is 12.8. The largest absolute Gasteiger partial charge is 0.426 e. The van der Waals surface area contributed by atoms with Crippen LogP contribution in [0.3, 0.4) is 0 Å². The molecule has 1 aliphatic heterocycles. The molecule has 1 heterocycles. The molecule has 3 rings (SSSR count). The van der Waals surface area contributed by atoms with E-state index < -0.39 is 35.9 Å². The molecule has 23 heavy (non-hydrogen) atoms. The van der Waals surface area contributed by atoms with E-state index in [0.717, 1.165) is 6.42 Å². The lowest BCUT2D eigenvalue weighted by Gasteiger charge is -2.56. The normalized spacial score (nSPS) is 35.9. The van der Waals surface area contributed by atoms with Crippen LogP contribution in [0.5, 0.6) is 0 Å². The van der Waals surface area contributed by atoms with Crippen LogP contribution >= 0.6 is 0 Å². The molecule has 2 aliphatic carbocycles. The van der Waals surface area contributed by atoms with E-state index in [1.165, 1.54) is 0 Å². The van der Waals surface area contributed by atoms with Gasteiger partial charge in [0.1, 0.15) is 0 Å². The molecule has 2 nitrogen and oxygen atoms in total. The van der Waals surface area contributed by atoms with Gasteiger partial charge in [-0.25, -0.2) is 0 Å². The van der Waals surface area contributed by atoms with E-state index in [1.54, 1.807) is 7.11 Å². The van der Waals surface area contributed by atoms with E-state index >= 15 is 0 Å². The fourth-order valence-corrected chi connectivity index (χ4v) is 4.03. The molecular weight excluding hydrogens is 326 g/mol. The minimum absolute atomic E-state index is 0.108. The van der Waals surface area contributed by atoms with Crippen molar-refractivity contribution in [1.82, 2.24) is 0 Å². The van der Waals surface area contributed by atoms with Gasteiger partial charge in [-0.1, -0.05) is 6.92 Å². The predicted octanol–water partition coefficient (Wildman–Crippen LogP) is 4.73. The molecule has 0 spiro atoms. The molecular formula is C15H22F6O2. The molecule has 3 aliphatic rings. The Balaban J connectivity index is 0.000000277. The Morgan fingerprint density at radius 2 is 1.61 bits per heavy atom. The van der Waals surface area contributed by atoms with E-state index in [4.69, 9.17) is 4.74 Å². The minimum atomic E-state index is -5.38. The second kappa shape index (κ2) is 6.10. The predicted molar refractivity (Wildman–Crippen MR) is 70.8 cm³/mol. The Hall–Kier alpha value is -0.500. The maximum atomic E-state index is 12.8. The summed E-state index contributed by atoms with van der Waals surface area (Å²) in [6.07, 6.45) is -8.45. The fourth-order valence-electron chi connectivity index (χ4n) is 4.03. The molecule has 0 amide bonds. The summed E-state index contributed by atoms with van der Waals surface area (Å²) in [5.74, 6) is -2.01. The van der Waals surface area contributed by atoms with Crippen molar-refractivity contribution < 1.29 is 35.8 Å². The van der Waals surface area contributed by atoms with E-state index in [1.807, 2.05) is 0 Å². The van der Waals surface area contributed by atoms with Gasteiger partial charge in [0.25, 0.3) is 5.60 Å². The maximum Gasteiger partial charge on any atom is 0.426 e. The zero-order chi connectivity index (χ0) is 17.6. The number of methoxy groups -OCH3 is 1. The van der Waals surface area contributed by atoms with Crippen LogP contribution in [0.4, 0.5) is 26.3 Å². The molecule has 0 aromatic rings. The van der Waals surface area contributed by atoms with Gasteiger partial charge in [-0.15, -0.1) is 0 Å². The average Bonchev–Trinajstić information content (AvgIpc) is 2.92. The molecule has 136 valence electrons. The van der Waals surface area contributed by atoms with Crippen LogP contribution in [-0.2, 0) is 9.47 Å². The van der Waals surface area contributed by atoms with E-state index in [0.29, 0.717) is 25.4 Å². The SMILES string of the molecule is CCC(C)OC.FC(F)(F)C1(C(F)(F)F)OC2C3CCC(C3)C21. The third kappa shape index (κ3) is 2.86. The highest BCUT2D eigenvalue weighted by Crippen LogP contribution is 2.69. The van der Waals surface area contributed by atoms with Gasteiger partial charge in [-0.3, -0.25) is 0 Å². The Morgan fingerprint density at radius 3 is 1.96 bits per heavy atom. The van der Waals surface area contributed by atoms with Crippen molar-refractivity contribution >= 4 is 0 Å². The van der Waals surface area contributed by atoms with Crippen molar-refractivity contribution in [2.24, 2.45) is 17.8 Å². The van der Waals surface area contributed by atoms with Crippen molar-refractivity contribution in [3.8, 4) is 0 Å². The molecule has 0 radical (unpaired) electrons. The zero-order valence-electron chi connectivity index (χ0n) is 13.3. The monoisotopic (exact) mass is 348 g/mol. The molecule has 3 fully saturated rings. The van der Waals surface area contributed by atoms with Crippen molar-refractivity contribution in [1.29, 1.82) is 0 Å². The van der Waals surface area contributed by atoms with Gasteiger partial charge >= 0.3 is 12.4 Å². The van der Waals surface area contributed by atoms with Gasteiger partial charge < -0.3 is 9.47 Å². The quantitative estimate of drug-likeness (QED) is 0.672. The van der Waals surface area contributed by atoms with E-state index in [2.05, 4.69) is 18.6 Å². The first-order valence-electron chi connectivity index (χ1n) is 7.83. The molecule has 5 unspecified atom stereocenters. The Morgan fingerprint density at radius 1 is 1.09 bits per heavy atom. The second-order valence-corrected chi connectivity index (χ2v) is 6.63. The first-order valence-corrected chi connectivity index (χ1v) is 7.83. The standard InChI is InChI=1S/C10H10F6O.C5H12O/c11-9(12,13)8(10(14,15)16)6-4-1-2-5(3-4)7(6)17-8;1-4-5(2)6-3/h4-7H,1-3H2;5H,4H2,1-3H3. The first-order chi connectivity index (χ1) is 10.5. The van der Waals surface area contributed by atoms with Gasteiger partial charge in [-0.2, -0.15) is 26.3 Å². The lowest BCUT2D eigenvalue weighted by molar-refractivity contribution is -0.470. The lowest BCUT2D eigenvalue weighted by atomic mass is 9.68. The van der Waals surface area contributed by atoms with Crippen LogP contribution in [0.25, 0.3) is 0 Å². The summed E-state index contributed by atoms with van der Waals surface area (Å²) in [5, 5.41) is 0. The molecule has 0 aromatic carbocycles. The van der Waals surface area contributed by atoms with Gasteiger partial charge in [0.05, 0.1) is 12.2 Å². The Kier molecular flexibility index (Phi) is 4.99. The number of fused-ring (bicyclic) bond motifs is 5. The smallest absolute Gasteiger partial charge is 0.382 e. The highest BCUT2D eigenvalue weighted by atomic mass is 19.4. The third-order valence-corrected chi connectivity index (χ3v) is 5.45. The first kappa shape index (κ1) is 18.8. The van der Waals surface area contributed by atoms with Crippen LogP contribution in [-0.4, -0.2) is 37.3 Å². The number of alkyl halides is 6. The molecule has 8 heteroatoms. The summed E-state index contributed by atoms with van der Waals surface area (Å²) in [6, 6.07) is 0. The molecule has 1 saturated heterocycles. The fraction of sp³-hybridized carbons (Fsp3) is 1.00. The second-order valence-electron chi connectivity index (χ2n) is 6.63. The van der Waals surface area contributed by atoms with Crippen LogP contribution in [0, 0.1) is 17.8 Å². The van der Waals surface area contributed by atoms with Crippen molar-refractivity contribution in [3.63, 3.8) is 0 Å². The zero-order valence-corrected chi connectivity index (χ0v) is 13.3. The van der Waals surface area contributed by atoms with E-state index in [-0.39, 0.29) is 5.92 Å². The molecule has 2 saturated carbocycles. The van der Waals surface area contributed by atoms with Crippen molar-refractivity contribution in [3.05, 3.63) is 0 Å². The average molecular weight is 348 g/mol. The number of rotatable bonds is 2. The molecule has 2 bridgehead atoms. The molecule has 0 N–H and O–H groups in total. The van der Waals surface area contributed by atoms with E-state index in [9.17, 15) is 26.3 Å². The van der Waals surface area contributed by atoms with Crippen LogP contribution in [0.1, 0.15) is 39.5 Å². The molecule has 0 aromatic heterocycles. The van der Waals surface area contributed by atoms with Crippen molar-refractivity contribution in [2.45, 2.75) is 69.7 Å². The number of ether oxygens (including phenoxy) is 2. The van der Waals surface area contributed by atoms with Crippen LogP contribution in [0.2, 0.25) is 0 Å². The topological polar surface area (TPSA) is 18.5 Å². The Labute approximate surface area is 131 Å². The highest BCUT2D eigenvalue weighted by molar-refractivity contribution is 5.19. The lowest BCUT2D eigenvalue weighted by Crippen LogP contribution is -2.75. The number of hydrogen-bond acceptors (Lipinski definition) is 2.